The molecule has 0 aromatic rings. The molecular weight excluding hydrogens is 228 g/mol. The van der Waals surface area contributed by atoms with Gasteiger partial charge in [0.15, 0.2) is 0 Å². The van der Waals surface area contributed by atoms with Gasteiger partial charge in [-0.15, -0.1) is 12.4 Å². The second-order valence-corrected chi connectivity index (χ2v) is 4.99. The fourth-order valence-corrected chi connectivity index (χ4v) is 2.37. The van der Waals surface area contributed by atoms with Crippen LogP contribution in [0.5, 0.6) is 0 Å². The third kappa shape index (κ3) is 2.67. The molecule has 2 rings (SSSR count). The number of fused-ring (bicyclic) bond motifs is 2. The van der Waals surface area contributed by atoms with Gasteiger partial charge >= 0.3 is 0 Å². The Morgan fingerprint density at radius 3 is 2.56 bits per heavy atom. The highest BCUT2D eigenvalue weighted by Gasteiger charge is 2.41. The maximum absolute atomic E-state index is 11.7. The number of amides is 1. The van der Waals surface area contributed by atoms with E-state index in [-0.39, 0.29) is 36.4 Å². The molecule has 0 aromatic carbocycles. The van der Waals surface area contributed by atoms with Crippen molar-refractivity contribution in [2.75, 3.05) is 0 Å². The first kappa shape index (κ1) is 13.7. The predicted octanol–water partition coefficient (Wildman–Crippen LogP) is 0.828. The van der Waals surface area contributed by atoms with Crippen LogP contribution in [0, 0.1) is 5.92 Å². The average Bonchev–Trinajstić information content (AvgIpc) is 2.77. The van der Waals surface area contributed by atoms with E-state index in [9.17, 15) is 4.79 Å². The SMILES string of the molecule is CC(C)C(N)C(=O)NC1CC2CCC1O2.Cl. The summed E-state index contributed by atoms with van der Waals surface area (Å²) in [6.07, 6.45) is 3.79. The van der Waals surface area contributed by atoms with E-state index in [2.05, 4.69) is 5.32 Å². The van der Waals surface area contributed by atoms with Gasteiger partial charge in [0.1, 0.15) is 0 Å². The van der Waals surface area contributed by atoms with Gasteiger partial charge in [-0.1, -0.05) is 13.8 Å². The fourth-order valence-electron chi connectivity index (χ4n) is 2.37. The van der Waals surface area contributed by atoms with Crippen LogP contribution in [0.25, 0.3) is 0 Å². The quantitative estimate of drug-likeness (QED) is 0.778. The van der Waals surface area contributed by atoms with E-state index in [1.54, 1.807) is 0 Å². The molecule has 2 bridgehead atoms. The summed E-state index contributed by atoms with van der Waals surface area (Å²) >= 11 is 0. The second-order valence-electron chi connectivity index (χ2n) is 4.99. The summed E-state index contributed by atoms with van der Waals surface area (Å²) in [5.41, 5.74) is 5.78. The Morgan fingerprint density at radius 2 is 2.12 bits per heavy atom. The number of carbonyl (C=O) groups excluding carboxylic acids is 1. The molecule has 94 valence electrons. The lowest BCUT2D eigenvalue weighted by molar-refractivity contribution is -0.124. The van der Waals surface area contributed by atoms with Crippen LogP contribution in [0.15, 0.2) is 0 Å². The Balaban J connectivity index is 0.00000128. The first-order chi connectivity index (χ1) is 7.08. The van der Waals surface area contributed by atoms with Crippen molar-refractivity contribution >= 4 is 18.3 Å². The second kappa shape index (κ2) is 5.34. The minimum absolute atomic E-state index is 0. The van der Waals surface area contributed by atoms with Gasteiger partial charge in [-0.3, -0.25) is 4.79 Å². The molecule has 0 aliphatic carbocycles. The zero-order valence-corrected chi connectivity index (χ0v) is 10.6. The number of nitrogens with one attached hydrogen (secondary N) is 1. The van der Waals surface area contributed by atoms with Crippen molar-refractivity contribution < 1.29 is 9.53 Å². The molecular formula is C11H21ClN2O2. The highest BCUT2D eigenvalue weighted by molar-refractivity contribution is 5.85. The fraction of sp³-hybridized carbons (Fsp3) is 0.909. The van der Waals surface area contributed by atoms with E-state index < -0.39 is 6.04 Å². The molecule has 2 saturated heterocycles. The zero-order chi connectivity index (χ0) is 11.0. The highest BCUT2D eigenvalue weighted by atomic mass is 35.5. The molecule has 0 aromatic heterocycles. The molecule has 4 unspecified atom stereocenters. The van der Waals surface area contributed by atoms with E-state index in [4.69, 9.17) is 10.5 Å². The molecule has 2 fully saturated rings. The van der Waals surface area contributed by atoms with Gasteiger partial charge in [0.05, 0.1) is 24.3 Å². The van der Waals surface area contributed by atoms with Gasteiger partial charge in [0.25, 0.3) is 0 Å². The minimum Gasteiger partial charge on any atom is -0.373 e. The molecule has 1 amide bonds. The summed E-state index contributed by atoms with van der Waals surface area (Å²) in [5, 5.41) is 3.00. The lowest BCUT2D eigenvalue weighted by Gasteiger charge is -2.23. The van der Waals surface area contributed by atoms with Gasteiger partial charge in [-0.05, 0) is 25.2 Å². The van der Waals surface area contributed by atoms with E-state index in [1.165, 1.54) is 0 Å². The maximum Gasteiger partial charge on any atom is 0.237 e. The van der Waals surface area contributed by atoms with Crippen molar-refractivity contribution in [3.63, 3.8) is 0 Å². The predicted molar refractivity (Wildman–Crippen MR) is 64.5 cm³/mol. The zero-order valence-electron chi connectivity index (χ0n) is 9.81. The summed E-state index contributed by atoms with van der Waals surface area (Å²) < 4.78 is 5.67. The molecule has 3 N–H and O–H groups in total. The first-order valence-corrected chi connectivity index (χ1v) is 5.79. The van der Waals surface area contributed by atoms with Crippen LogP contribution >= 0.6 is 12.4 Å². The molecule has 4 atom stereocenters. The summed E-state index contributed by atoms with van der Waals surface area (Å²) in [4.78, 5) is 11.7. The molecule has 4 nitrogen and oxygen atoms in total. The van der Waals surface area contributed by atoms with Gasteiger partial charge in [-0.25, -0.2) is 0 Å². The van der Waals surface area contributed by atoms with Gasteiger partial charge < -0.3 is 15.8 Å². The van der Waals surface area contributed by atoms with Gasteiger partial charge in [0, 0.05) is 0 Å². The molecule has 0 saturated carbocycles. The maximum atomic E-state index is 11.7. The molecule has 0 spiro atoms. The summed E-state index contributed by atoms with van der Waals surface area (Å²) in [7, 11) is 0. The van der Waals surface area contributed by atoms with E-state index in [0.29, 0.717) is 6.10 Å². The standard InChI is InChI=1S/C11H20N2O2.ClH/c1-6(2)10(12)11(14)13-8-5-7-3-4-9(8)15-7;/h6-10H,3-5,12H2,1-2H3,(H,13,14);1H. The number of hydrogen-bond acceptors (Lipinski definition) is 3. The average molecular weight is 249 g/mol. The lowest BCUT2D eigenvalue weighted by Crippen LogP contribution is -2.50. The normalized spacial score (nSPS) is 33.6. The Bertz CT molecular complexity index is 260. The van der Waals surface area contributed by atoms with Crippen molar-refractivity contribution in [2.45, 2.75) is 57.4 Å². The molecule has 0 radical (unpaired) electrons. The summed E-state index contributed by atoms with van der Waals surface area (Å²) in [6, 6.07) is -0.204. The molecule has 16 heavy (non-hydrogen) atoms. The van der Waals surface area contributed by atoms with Crippen molar-refractivity contribution in [3.8, 4) is 0 Å². The molecule has 5 heteroatoms. The van der Waals surface area contributed by atoms with Crippen molar-refractivity contribution in [1.29, 1.82) is 0 Å². The van der Waals surface area contributed by atoms with E-state index >= 15 is 0 Å². The number of carbonyl (C=O) groups is 1. The number of nitrogens with two attached hydrogens (primary N) is 1. The van der Waals surface area contributed by atoms with Crippen LogP contribution in [0.3, 0.4) is 0 Å². The smallest absolute Gasteiger partial charge is 0.237 e. The largest absolute Gasteiger partial charge is 0.373 e. The number of halogens is 1. The Kier molecular flexibility index (Phi) is 4.59. The number of hydrogen-bond donors (Lipinski definition) is 2. The molecule has 2 heterocycles. The Morgan fingerprint density at radius 1 is 1.44 bits per heavy atom. The first-order valence-electron chi connectivity index (χ1n) is 5.79. The minimum atomic E-state index is -0.399. The van der Waals surface area contributed by atoms with E-state index in [0.717, 1.165) is 19.3 Å². The van der Waals surface area contributed by atoms with Crippen LogP contribution in [0.4, 0.5) is 0 Å². The van der Waals surface area contributed by atoms with Crippen molar-refractivity contribution in [3.05, 3.63) is 0 Å². The third-order valence-corrected chi connectivity index (χ3v) is 3.45. The van der Waals surface area contributed by atoms with Crippen molar-refractivity contribution in [1.82, 2.24) is 5.32 Å². The lowest BCUT2D eigenvalue weighted by atomic mass is 9.94. The number of rotatable bonds is 3. The van der Waals surface area contributed by atoms with Gasteiger partial charge in [0.2, 0.25) is 5.91 Å². The summed E-state index contributed by atoms with van der Waals surface area (Å²) in [6.45, 7) is 3.92. The van der Waals surface area contributed by atoms with Crippen LogP contribution in [-0.4, -0.2) is 30.2 Å². The topological polar surface area (TPSA) is 64.4 Å². The van der Waals surface area contributed by atoms with Crippen LogP contribution < -0.4 is 11.1 Å². The van der Waals surface area contributed by atoms with Crippen LogP contribution in [0.2, 0.25) is 0 Å². The number of ether oxygens (including phenoxy) is 1. The molecule has 2 aliphatic heterocycles. The highest BCUT2D eigenvalue weighted by Crippen LogP contribution is 2.34. The van der Waals surface area contributed by atoms with Crippen LogP contribution in [0.1, 0.15) is 33.1 Å². The Hall–Kier alpha value is -0.320. The van der Waals surface area contributed by atoms with Gasteiger partial charge in [-0.2, -0.15) is 0 Å². The summed E-state index contributed by atoms with van der Waals surface area (Å²) in [5.74, 6) is 0.149. The van der Waals surface area contributed by atoms with E-state index in [1.807, 2.05) is 13.8 Å². The Labute approximate surface area is 103 Å². The van der Waals surface area contributed by atoms with Crippen LogP contribution in [-0.2, 0) is 9.53 Å². The monoisotopic (exact) mass is 248 g/mol. The third-order valence-electron chi connectivity index (χ3n) is 3.45. The van der Waals surface area contributed by atoms with Crippen molar-refractivity contribution in [2.24, 2.45) is 11.7 Å². The molecule has 2 aliphatic rings.